The zero-order chi connectivity index (χ0) is 14.7. The lowest BCUT2D eigenvalue weighted by atomic mass is 10.2. The maximum Gasteiger partial charge on any atom is 0.163 e. The highest BCUT2D eigenvalue weighted by molar-refractivity contribution is 7.98. The quantitative estimate of drug-likeness (QED) is 0.871. The van der Waals surface area contributed by atoms with Gasteiger partial charge in [0.05, 0.1) is 18.1 Å². The molecule has 0 fully saturated rings. The van der Waals surface area contributed by atoms with Crippen LogP contribution in [0.4, 0.5) is 5.82 Å². The summed E-state index contributed by atoms with van der Waals surface area (Å²) < 4.78 is 1.73. The van der Waals surface area contributed by atoms with Gasteiger partial charge in [-0.25, -0.2) is 9.97 Å². The van der Waals surface area contributed by atoms with Gasteiger partial charge in [-0.1, -0.05) is 0 Å². The largest absolute Gasteiger partial charge is 0.383 e. The minimum Gasteiger partial charge on any atom is -0.383 e. The topological polar surface area (TPSA) is 72.9 Å². The monoisotopic (exact) mass is 294 g/mol. The zero-order valence-corrected chi connectivity index (χ0v) is 13.3. The number of rotatable bonds is 6. The van der Waals surface area contributed by atoms with Gasteiger partial charge in [0.15, 0.2) is 5.65 Å². The lowest BCUT2D eigenvalue weighted by Crippen LogP contribution is -2.30. The molecule has 7 heteroatoms. The van der Waals surface area contributed by atoms with Crippen molar-refractivity contribution in [3.63, 3.8) is 0 Å². The number of fused-ring (bicyclic) bond motifs is 1. The van der Waals surface area contributed by atoms with Gasteiger partial charge in [-0.3, -0.25) is 9.58 Å². The Labute approximate surface area is 123 Å². The van der Waals surface area contributed by atoms with Crippen LogP contribution < -0.4 is 5.73 Å². The van der Waals surface area contributed by atoms with E-state index < -0.39 is 0 Å². The summed E-state index contributed by atoms with van der Waals surface area (Å²) in [6, 6.07) is 0.495. The highest BCUT2D eigenvalue weighted by Crippen LogP contribution is 2.17. The molecule has 0 saturated heterocycles. The van der Waals surface area contributed by atoms with E-state index in [-0.39, 0.29) is 0 Å². The Balaban J connectivity index is 2.15. The van der Waals surface area contributed by atoms with Crippen LogP contribution in [0.5, 0.6) is 0 Å². The molecule has 1 unspecified atom stereocenters. The molecule has 1 atom stereocenters. The van der Waals surface area contributed by atoms with Crippen LogP contribution in [0, 0.1) is 0 Å². The Kier molecular flexibility index (Phi) is 4.82. The normalized spacial score (nSPS) is 13.2. The Morgan fingerprint density at radius 3 is 2.90 bits per heavy atom. The summed E-state index contributed by atoms with van der Waals surface area (Å²) in [5.74, 6) is 2.41. The molecule has 0 aliphatic rings. The van der Waals surface area contributed by atoms with Crippen molar-refractivity contribution in [3.8, 4) is 0 Å². The molecule has 0 spiro atoms. The van der Waals surface area contributed by atoms with Crippen LogP contribution in [0.3, 0.4) is 0 Å². The van der Waals surface area contributed by atoms with Gasteiger partial charge in [0.25, 0.3) is 0 Å². The second kappa shape index (κ2) is 6.41. The Morgan fingerprint density at radius 2 is 2.20 bits per heavy atom. The first-order valence-corrected chi connectivity index (χ1v) is 8.05. The molecular formula is C13H22N6S. The van der Waals surface area contributed by atoms with Crippen LogP contribution >= 0.6 is 11.8 Å². The molecule has 0 aliphatic heterocycles. The first kappa shape index (κ1) is 15.1. The smallest absolute Gasteiger partial charge is 0.163 e. The molecule has 6 nitrogen and oxygen atoms in total. The number of nitrogen functional groups attached to an aromatic ring is 1. The SMILES string of the molecule is CSCCC(C)N(C)Cc1nc(N)c2cnn(C)c2n1. The predicted molar refractivity (Wildman–Crippen MR) is 84.6 cm³/mol. The van der Waals surface area contributed by atoms with Crippen molar-refractivity contribution >= 4 is 28.6 Å². The van der Waals surface area contributed by atoms with E-state index in [1.165, 1.54) is 0 Å². The molecule has 0 saturated carbocycles. The van der Waals surface area contributed by atoms with Crippen molar-refractivity contribution in [1.82, 2.24) is 24.6 Å². The maximum atomic E-state index is 5.98. The zero-order valence-electron chi connectivity index (χ0n) is 12.5. The first-order valence-electron chi connectivity index (χ1n) is 6.66. The van der Waals surface area contributed by atoms with Gasteiger partial charge < -0.3 is 5.73 Å². The fourth-order valence-corrected chi connectivity index (χ4v) is 2.63. The van der Waals surface area contributed by atoms with E-state index in [1.807, 2.05) is 18.8 Å². The number of hydrogen-bond acceptors (Lipinski definition) is 6. The van der Waals surface area contributed by atoms with E-state index in [4.69, 9.17) is 5.73 Å². The van der Waals surface area contributed by atoms with Gasteiger partial charge in [-0.2, -0.15) is 16.9 Å². The summed E-state index contributed by atoms with van der Waals surface area (Å²) in [5, 5.41) is 4.98. The molecule has 20 heavy (non-hydrogen) atoms. The third-order valence-electron chi connectivity index (χ3n) is 3.55. The maximum absolute atomic E-state index is 5.98. The van der Waals surface area contributed by atoms with E-state index in [1.54, 1.807) is 10.9 Å². The summed E-state index contributed by atoms with van der Waals surface area (Å²) in [7, 11) is 3.96. The summed E-state index contributed by atoms with van der Waals surface area (Å²) in [6.45, 7) is 2.92. The molecule has 2 heterocycles. The van der Waals surface area contributed by atoms with Crippen molar-refractivity contribution in [2.24, 2.45) is 7.05 Å². The summed E-state index contributed by atoms with van der Waals surface area (Å²) >= 11 is 1.87. The number of hydrogen-bond donors (Lipinski definition) is 1. The Bertz CT molecular complexity index is 581. The van der Waals surface area contributed by atoms with Crippen LogP contribution in [0.15, 0.2) is 6.20 Å². The minimum absolute atomic E-state index is 0.495. The minimum atomic E-state index is 0.495. The third kappa shape index (κ3) is 3.21. The van der Waals surface area contributed by atoms with Crippen LogP contribution in [0.1, 0.15) is 19.2 Å². The fourth-order valence-electron chi connectivity index (χ4n) is 2.05. The number of aryl methyl sites for hydroxylation is 1. The summed E-state index contributed by atoms with van der Waals surface area (Å²) in [4.78, 5) is 11.2. The number of anilines is 1. The van der Waals surface area contributed by atoms with Gasteiger partial charge in [0.1, 0.15) is 11.6 Å². The highest BCUT2D eigenvalue weighted by Gasteiger charge is 2.14. The molecule has 2 N–H and O–H groups in total. The lowest BCUT2D eigenvalue weighted by Gasteiger charge is -2.23. The molecule has 0 bridgehead atoms. The van der Waals surface area contributed by atoms with E-state index in [2.05, 4.69) is 40.2 Å². The average molecular weight is 294 g/mol. The highest BCUT2D eigenvalue weighted by atomic mass is 32.2. The van der Waals surface area contributed by atoms with Gasteiger partial charge in [-0.05, 0) is 32.4 Å². The van der Waals surface area contributed by atoms with Crippen molar-refractivity contribution < 1.29 is 0 Å². The lowest BCUT2D eigenvalue weighted by molar-refractivity contribution is 0.239. The van der Waals surface area contributed by atoms with Crippen molar-refractivity contribution in [3.05, 3.63) is 12.0 Å². The van der Waals surface area contributed by atoms with Gasteiger partial charge in [0, 0.05) is 13.1 Å². The van der Waals surface area contributed by atoms with E-state index in [0.717, 1.165) is 29.0 Å². The molecule has 0 amide bonds. The van der Waals surface area contributed by atoms with Gasteiger partial charge in [-0.15, -0.1) is 0 Å². The van der Waals surface area contributed by atoms with Crippen molar-refractivity contribution in [1.29, 1.82) is 0 Å². The molecule has 0 aliphatic carbocycles. The summed E-state index contributed by atoms with van der Waals surface area (Å²) in [5.41, 5.74) is 6.77. The number of nitrogens with zero attached hydrogens (tertiary/aromatic N) is 5. The fraction of sp³-hybridized carbons (Fsp3) is 0.615. The molecule has 2 aromatic rings. The predicted octanol–water partition coefficient (Wildman–Crippen LogP) is 1.52. The standard InChI is InChI=1S/C13H22N6S/c1-9(5-6-20-4)18(2)8-11-16-12(14)10-7-15-19(3)13(10)17-11/h7,9H,5-6,8H2,1-4H3,(H2,14,16,17). The van der Waals surface area contributed by atoms with Gasteiger partial charge in [0.2, 0.25) is 0 Å². The molecule has 2 aromatic heterocycles. The molecule has 110 valence electrons. The second-order valence-corrected chi connectivity index (χ2v) is 6.06. The van der Waals surface area contributed by atoms with E-state index in [9.17, 15) is 0 Å². The number of nitrogens with two attached hydrogens (primary N) is 1. The van der Waals surface area contributed by atoms with Crippen LogP contribution in [0.2, 0.25) is 0 Å². The molecule has 0 radical (unpaired) electrons. The van der Waals surface area contributed by atoms with Crippen molar-refractivity contribution in [2.75, 3.05) is 24.8 Å². The van der Waals surface area contributed by atoms with Crippen molar-refractivity contribution in [2.45, 2.75) is 25.9 Å². The van der Waals surface area contributed by atoms with E-state index in [0.29, 0.717) is 18.4 Å². The van der Waals surface area contributed by atoms with Gasteiger partial charge >= 0.3 is 0 Å². The van der Waals surface area contributed by atoms with Crippen LogP contribution in [-0.4, -0.2) is 49.7 Å². The second-order valence-electron chi connectivity index (χ2n) is 5.08. The molecule has 0 aromatic carbocycles. The molecular weight excluding hydrogens is 272 g/mol. The third-order valence-corrected chi connectivity index (χ3v) is 4.19. The molecule has 2 rings (SSSR count). The Morgan fingerprint density at radius 1 is 1.45 bits per heavy atom. The summed E-state index contributed by atoms with van der Waals surface area (Å²) in [6.07, 6.45) is 4.99. The van der Waals surface area contributed by atoms with E-state index >= 15 is 0 Å². The van der Waals surface area contributed by atoms with Crippen LogP contribution in [0.25, 0.3) is 11.0 Å². The van der Waals surface area contributed by atoms with Crippen LogP contribution in [-0.2, 0) is 13.6 Å². The number of thioether (sulfide) groups is 1. The average Bonchev–Trinajstić information content (AvgIpc) is 2.78. The number of aromatic nitrogens is 4. The Hall–Kier alpha value is -1.34. The first-order chi connectivity index (χ1) is 9.52.